The molecule has 0 bridgehead atoms. The molecule has 0 saturated carbocycles. The first-order valence-electron chi connectivity index (χ1n) is 12.3. The van der Waals surface area contributed by atoms with Gasteiger partial charge in [-0.2, -0.15) is 0 Å². The zero-order valence-corrected chi connectivity index (χ0v) is 21.8. The van der Waals surface area contributed by atoms with E-state index >= 15 is 0 Å². The first-order valence-corrected chi connectivity index (χ1v) is 13.6. The highest BCUT2D eigenvalue weighted by molar-refractivity contribution is 7.71. The normalized spacial score (nSPS) is 15.4. The van der Waals surface area contributed by atoms with Crippen molar-refractivity contribution in [2.24, 2.45) is 5.92 Å². The van der Waals surface area contributed by atoms with Crippen LogP contribution in [0.3, 0.4) is 0 Å². The predicted octanol–water partition coefficient (Wildman–Crippen LogP) is 4.77. The first-order chi connectivity index (χ1) is 17.5. The summed E-state index contributed by atoms with van der Waals surface area (Å²) in [6.45, 7) is 6.09. The number of fused-ring (bicyclic) bond motifs is 2. The second-order valence-electron chi connectivity index (χ2n) is 9.52. The van der Waals surface area contributed by atoms with Crippen LogP contribution in [0, 0.1) is 17.6 Å². The van der Waals surface area contributed by atoms with Gasteiger partial charge >= 0.3 is 0 Å². The largest absolute Gasteiger partial charge is 0.467 e. The topological polar surface area (TPSA) is 84.9 Å². The molecule has 0 radical (unpaired) electrons. The highest BCUT2D eigenvalue weighted by atomic mass is 32.1. The van der Waals surface area contributed by atoms with Crippen molar-refractivity contribution in [1.29, 1.82) is 0 Å². The smallest absolute Gasteiger partial charge is 0.263 e. The Labute approximate surface area is 217 Å². The Bertz CT molecular complexity index is 1620. The molecule has 0 atom stereocenters. The van der Waals surface area contributed by atoms with E-state index in [-0.39, 0.29) is 5.56 Å². The lowest BCUT2D eigenvalue weighted by atomic mass is 9.93. The van der Waals surface area contributed by atoms with Crippen LogP contribution in [0.15, 0.2) is 52.0 Å². The van der Waals surface area contributed by atoms with Gasteiger partial charge in [-0.3, -0.25) is 9.36 Å². The number of aromatic amines is 1. The van der Waals surface area contributed by atoms with E-state index in [1.165, 1.54) is 0 Å². The van der Waals surface area contributed by atoms with Gasteiger partial charge in [-0.05, 0) is 81.3 Å². The molecule has 1 aliphatic heterocycles. The molecule has 1 fully saturated rings. The van der Waals surface area contributed by atoms with Crippen molar-refractivity contribution in [3.05, 3.63) is 74.4 Å². The second kappa shape index (κ2) is 9.76. The number of likely N-dealkylation sites (tertiary alicyclic amines) is 1. The zero-order valence-electron chi connectivity index (χ0n) is 20.1. The van der Waals surface area contributed by atoms with E-state index in [0.29, 0.717) is 23.8 Å². The number of pyridine rings is 1. The number of aromatic nitrogens is 5. The van der Waals surface area contributed by atoms with Crippen LogP contribution in [0.5, 0.6) is 0 Å². The fourth-order valence-corrected chi connectivity index (χ4v) is 6.41. The summed E-state index contributed by atoms with van der Waals surface area (Å²) in [5.74, 6) is 2.53. The number of imidazole rings is 1. The molecule has 0 amide bonds. The van der Waals surface area contributed by atoms with Crippen molar-refractivity contribution in [2.75, 3.05) is 19.6 Å². The summed E-state index contributed by atoms with van der Waals surface area (Å²) in [4.78, 5) is 30.1. The van der Waals surface area contributed by atoms with Crippen molar-refractivity contribution in [3.63, 3.8) is 0 Å². The number of nitrogens with one attached hydrogen (secondary N) is 1. The lowest BCUT2D eigenvalue weighted by molar-refractivity contribution is 0.176. The van der Waals surface area contributed by atoms with Crippen molar-refractivity contribution in [3.8, 4) is 0 Å². The van der Waals surface area contributed by atoms with Crippen LogP contribution in [0.25, 0.3) is 21.4 Å². The molecule has 0 unspecified atom stereocenters. The minimum absolute atomic E-state index is 0.0112. The molecule has 1 N–H and O–H groups in total. The van der Waals surface area contributed by atoms with E-state index in [9.17, 15) is 4.79 Å². The number of rotatable bonds is 7. The Hall–Kier alpha value is -3.08. The molecule has 1 aliphatic rings. The van der Waals surface area contributed by atoms with Crippen molar-refractivity contribution >= 4 is 44.9 Å². The van der Waals surface area contributed by atoms with E-state index in [1.807, 2.05) is 43.5 Å². The van der Waals surface area contributed by atoms with E-state index in [1.54, 1.807) is 22.2 Å². The van der Waals surface area contributed by atoms with Crippen LogP contribution in [0.2, 0.25) is 0 Å². The third-order valence-electron chi connectivity index (χ3n) is 7.09. The Kier molecular flexibility index (Phi) is 6.32. The van der Waals surface area contributed by atoms with Gasteiger partial charge in [0.25, 0.3) is 5.56 Å². The molecule has 6 rings (SSSR count). The van der Waals surface area contributed by atoms with Crippen molar-refractivity contribution in [2.45, 2.75) is 39.3 Å². The molecule has 0 aliphatic carbocycles. The molecule has 5 aromatic heterocycles. The van der Waals surface area contributed by atoms with Crippen molar-refractivity contribution < 1.29 is 4.42 Å². The van der Waals surface area contributed by atoms with Gasteiger partial charge < -0.3 is 18.9 Å². The molecule has 8 nitrogen and oxygen atoms in total. The Morgan fingerprint density at radius 1 is 1.19 bits per heavy atom. The van der Waals surface area contributed by atoms with Crippen LogP contribution < -0.4 is 5.56 Å². The molecular weight excluding hydrogens is 492 g/mol. The average Bonchev–Trinajstić information content (AvgIpc) is 3.60. The Morgan fingerprint density at radius 2 is 2.06 bits per heavy atom. The van der Waals surface area contributed by atoms with E-state index in [2.05, 4.69) is 19.4 Å². The fraction of sp³-hybridized carbons (Fsp3) is 0.385. The standard InChI is InChI=1S/C26H28N6O2S2/c1-17-14-20-24(36-17)29-26(35)31(25(20)33)12-11-30-9-6-18(7-10-30)15-22-28-21-5-2-8-27-23(21)32(22)16-19-4-3-13-34-19/h2-5,8,13-14,18H,6-7,9-12,15-16H2,1H3,(H,29,35). The summed E-state index contributed by atoms with van der Waals surface area (Å²) < 4.78 is 10.0. The highest BCUT2D eigenvalue weighted by Crippen LogP contribution is 2.25. The summed E-state index contributed by atoms with van der Waals surface area (Å²) in [7, 11) is 0. The first kappa shape index (κ1) is 23.3. The molecule has 0 aromatic carbocycles. The minimum Gasteiger partial charge on any atom is -0.467 e. The number of piperidine rings is 1. The number of aryl methyl sites for hydroxylation is 1. The van der Waals surface area contributed by atoms with Gasteiger partial charge in [0, 0.05) is 30.6 Å². The van der Waals surface area contributed by atoms with Gasteiger partial charge in [-0.1, -0.05) is 0 Å². The quantitative estimate of drug-likeness (QED) is 0.311. The third-order valence-corrected chi connectivity index (χ3v) is 8.38. The maximum atomic E-state index is 13.0. The van der Waals surface area contributed by atoms with Crippen LogP contribution in [-0.4, -0.2) is 48.6 Å². The average molecular weight is 521 g/mol. The zero-order chi connectivity index (χ0) is 24.6. The third kappa shape index (κ3) is 4.56. The molecule has 10 heteroatoms. The highest BCUT2D eigenvalue weighted by Gasteiger charge is 2.23. The lowest BCUT2D eigenvalue weighted by Crippen LogP contribution is -2.38. The molecule has 36 heavy (non-hydrogen) atoms. The molecule has 6 heterocycles. The number of thiophene rings is 1. The van der Waals surface area contributed by atoms with Crippen LogP contribution in [-0.2, 0) is 19.5 Å². The molecule has 1 saturated heterocycles. The summed E-state index contributed by atoms with van der Waals surface area (Å²) in [6.07, 6.45) is 6.64. The Morgan fingerprint density at radius 3 is 2.86 bits per heavy atom. The number of hydrogen-bond acceptors (Lipinski definition) is 7. The van der Waals surface area contributed by atoms with Crippen LogP contribution >= 0.6 is 23.6 Å². The predicted molar refractivity (Wildman–Crippen MR) is 144 cm³/mol. The molecule has 5 aromatic rings. The number of furan rings is 1. The van der Waals surface area contributed by atoms with Gasteiger partial charge in [-0.15, -0.1) is 11.3 Å². The van der Waals surface area contributed by atoms with E-state index < -0.39 is 0 Å². The van der Waals surface area contributed by atoms with Crippen molar-refractivity contribution in [1.82, 2.24) is 29.0 Å². The SMILES string of the molecule is Cc1cc2c(=O)n(CCN3CCC(Cc4nc5cccnc5n4Cc4ccco4)CC3)c(=S)[nH]c2s1. The lowest BCUT2D eigenvalue weighted by Gasteiger charge is -2.32. The van der Waals surface area contributed by atoms with Crippen LogP contribution in [0.1, 0.15) is 29.3 Å². The minimum atomic E-state index is 0.0112. The van der Waals surface area contributed by atoms with Crippen LogP contribution in [0.4, 0.5) is 0 Å². The molecule has 0 spiro atoms. The maximum Gasteiger partial charge on any atom is 0.263 e. The summed E-state index contributed by atoms with van der Waals surface area (Å²) in [6, 6.07) is 9.81. The maximum absolute atomic E-state index is 13.0. The van der Waals surface area contributed by atoms with E-state index in [4.69, 9.17) is 21.6 Å². The Balaban J connectivity index is 1.11. The molecular formula is C26H28N6O2S2. The number of hydrogen-bond donors (Lipinski definition) is 1. The second-order valence-corrected chi connectivity index (χ2v) is 11.2. The summed E-state index contributed by atoms with van der Waals surface area (Å²) in [5.41, 5.74) is 1.84. The van der Waals surface area contributed by atoms with Gasteiger partial charge in [0.2, 0.25) is 0 Å². The monoisotopic (exact) mass is 520 g/mol. The van der Waals surface area contributed by atoms with Gasteiger partial charge in [0.05, 0.1) is 18.2 Å². The van der Waals surface area contributed by atoms with Gasteiger partial charge in [0.15, 0.2) is 10.4 Å². The molecule has 186 valence electrons. The summed E-state index contributed by atoms with van der Waals surface area (Å²) in [5, 5.41) is 0.733. The van der Waals surface area contributed by atoms with E-state index in [0.717, 1.165) is 76.7 Å². The summed E-state index contributed by atoms with van der Waals surface area (Å²) >= 11 is 7.07. The van der Waals surface area contributed by atoms with Gasteiger partial charge in [0.1, 0.15) is 21.9 Å². The van der Waals surface area contributed by atoms with Gasteiger partial charge in [-0.25, -0.2) is 9.97 Å². The fourth-order valence-electron chi connectivity index (χ4n) is 5.17. The number of H-pyrrole nitrogens is 1. The number of nitrogens with zero attached hydrogens (tertiary/aromatic N) is 5.